The number of hydrogen-bond donors (Lipinski definition) is 0. The zero-order valence-electron chi connectivity index (χ0n) is 19.7. The van der Waals surface area contributed by atoms with Gasteiger partial charge in [-0.15, -0.1) is 0 Å². The molecule has 28 heavy (non-hydrogen) atoms. The number of hydrogen-bond acceptors (Lipinski definition) is 1. The molecule has 0 aromatic rings. The van der Waals surface area contributed by atoms with Crippen molar-refractivity contribution in [3.05, 3.63) is 0 Å². The van der Waals surface area contributed by atoms with Gasteiger partial charge in [-0.1, -0.05) is 90.4 Å². The molecular formula is C26H53AlO. The Hall–Kier alpha value is 0.332. The predicted molar refractivity (Wildman–Crippen MR) is 128 cm³/mol. The van der Waals surface area contributed by atoms with Crippen LogP contribution in [-0.2, 0) is 3.80 Å². The fourth-order valence-electron chi connectivity index (χ4n) is 4.19. The van der Waals surface area contributed by atoms with Crippen molar-refractivity contribution >= 4 is 15.2 Å². The Morgan fingerprint density at radius 2 is 0.571 bits per heavy atom. The molecule has 0 N–H and O–H groups in total. The maximum atomic E-state index is 10.4. The monoisotopic (exact) mass is 408 g/mol. The van der Waals surface area contributed by atoms with E-state index in [0.29, 0.717) is 0 Å². The van der Waals surface area contributed by atoms with Crippen LogP contribution in [0.2, 0.25) is 5.28 Å². The molecule has 0 saturated heterocycles. The van der Waals surface area contributed by atoms with Crippen LogP contribution in [0.25, 0.3) is 0 Å². The van der Waals surface area contributed by atoms with E-state index in [1.54, 1.807) is 0 Å². The molecule has 0 bridgehead atoms. The molecule has 0 fully saturated rings. The second-order valence-corrected chi connectivity index (χ2v) is 10.00. The van der Waals surface area contributed by atoms with E-state index in [-0.39, 0.29) is 0 Å². The van der Waals surface area contributed by atoms with Crippen LogP contribution in [0.5, 0.6) is 0 Å². The second-order valence-electron chi connectivity index (χ2n) is 9.09. The van der Waals surface area contributed by atoms with Gasteiger partial charge in [0.2, 0.25) is 0 Å². The van der Waals surface area contributed by atoms with Gasteiger partial charge < -0.3 is 0 Å². The third-order valence-corrected chi connectivity index (χ3v) is 6.82. The van der Waals surface area contributed by atoms with Gasteiger partial charge in [0.25, 0.3) is 0 Å². The molecule has 0 amide bonds. The topological polar surface area (TPSA) is 17.1 Å². The zero-order chi connectivity index (χ0) is 20.4. The van der Waals surface area contributed by atoms with Crippen molar-refractivity contribution in [2.45, 2.75) is 166 Å². The Morgan fingerprint density at radius 3 is 0.786 bits per heavy atom. The number of unbranched alkanes of at least 4 members (excludes halogenated alkanes) is 23. The van der Waals surface area contributed by atoms with Crippen LogP contribution in [0.4, 0.5) is 0 Å². The van der Waals surface area contributed by atoms with Gasteiger partial charge in [-0.3, -0.25) is 0 Å². The molecule has 0 aromatic heterocycles. The van der Waals surface area contributed by atoms with E-state index in [2.05, 4.69) is 6.92 Å². The molecule has 166 valence electrons. The van der Waals surface area contributed by atoms with Crippen molar-refractivity contribution in [1.29, 1.82) is 0 Å². The maximum absolute atomic E-state index is 10.4. The first kappa shape index (κ1) is 28.3. The number of rotatable bonds is 25. The van der Waals surface area contributed by atoms with E-state index < -0.39 is 15.2 Å². The average Bonchev–Trinajstić information content (AvgIpc) is 2.71. The van der Waals surface area contributed by atoms with Crippen molar-refractivity contribution in [3.63, 3.8) is 0 Å². The van der Waals surface area contributed by atoms with E-state index in [1.807, 2.05) is 0 Å². The summed E-state index contributed by atoms with van der Waals surface area (Å²) in [6.07, 6.45) is 34.5. The first-order valence-electron chi connectivity index (χ1n) is 13.4. The van der Waals surface area contributed by atoms with Crippen molar-refractivity contribution in [2.75, 3.05) is 0 Å². The van der Waals surface area contributed by atoms with E-state index >= 15 is 0 Å². The molecule has 0 heterocycles. The van der Waals surface area contributed by atoms with E-state index in [9.17, 15) is 3.80 Å². The van der Waals surface area contributed by atoms with Gasteiger partial charge in [-0.25, -0.2) is 0 Å². The minimum atomic E-state index is -0.495. The van der Waals surface area contributed by atoms with E-state index in [4.69, 9.17) is 0 Å². The van der Waals surface area contributed by atoms with Crippen LogP contribution in [0.1, 0.15) is 161 Å². The van der Waals surface area contributed by atoms with Gasteiger partial charge in [-0.05, 0) is 0 Å². The van der Waals surface area contributed by atoms with Gasteiger partial charge in [-0.2, -0.15) is 0 Å². The van der Waals surface area contributed by atoms with Gasteiger partial charge in [0.05, 0.1) is 0 Å². The molecule has 0 aromatic carbocycles. The van der Waals surface area contributed by atoms with Crippen molar-refractivity contribution in [3.8, 4) is 0 Å². The van der Waals surface area contributed by atoms with E-state index in [0.717, 1.165) is 5.28 Å². The Bertz CT molecular complexity index is 280. The van der Waals surface area contributed by atoms with Crippen LogP contribution in [0.15, 0.2) is 0 Å². The quantitative estimate of drug-likeness (QED) is 0.108. The summed E-state index contributed by atoms with van der Waals surface area (Å²) in [4.78, 5) is 0. The van der Waals surface area contributed by atoms with Crippen LogP contribution in [-0.4, -0.2) is 15.2 Å². The molecule has 0 aliphatic rings. The Morgan fingerprint density at radius 1 is 0.357 bits per heavy atom. The summed E-state index contributed by atoms with van der Waals surface area (Å²) in [6.45, 7) is 2.30. The van der Waals surface area contributed by atoms with Crippen LogP contribution in [0.3, 0.4) is 0 Å². The third kappa shape index (κ3) is 26.3. The van der Waals surface area contributed by atoms with Gasteiger partial charge in [0, 0.05) is 0 Å². The molecule has 2 heteroatoms. The van der Waals surface area contributed by atoms with Gasteiger partial charge in [0.15, 0.2) is 0 Å². The van der Waals surface area contributed by atoms with Crippen molar-refractivity contribution in [1.82, 2.24) is 0 Å². The predicted octanol–water partition coefficient (Wildman–Crippen LogP) is 9.84. The van der Waals surface area contributed by atoms with Gasteiger partial charge >= 0.3 is 94.9 Å². The molecule has 1 nitrogen and oxygen atoms in total. The Kier molecular flexibility index (Phi) is 27.7. The average molecular weight is 409 g/mol. The minimum absolute atomic E-state index is 0.495. The summed E-state index contributed by atoms with van der Waals surface area (Å²) in [5.74, 6) is 0. The van der Waals surface area contributed by atoms with Crippen LogP contribution < -0.4 is 0 Å². The molecule has 0 spiro atoms. The normalized spacial score (nSPS) is 11.0. The Labute approximate surface area is 185 Å². The molecule has 0 aliphatic carbocycles. The molecule has 0 atom stereocenters. The molecule has 0 unspecified atom stereocenters. The first-order chi connectivity index (χ1) is 13.9. The fraction of sp³-hybridized carbons (Fsp3) is 1.00. The van der Waals surface area contributed by atoms with Gasteiger partial charge in [0.1, 0.15) is 0 Å². The first-order valence-corrected chi connectivity index (χ1v) is 14.6. The molecule has 0 saturated carbocycles. The van der Waals surface area contributed by atoms with Crippen molar-refractivity contribution in [2.24, 2.45) is 0 Å². The summed E-state index contributed by atoms with van der Waals surface area (Å²) < 4.78 is 10.4. The summed E-state index contributed by atoms with van der Waals surface area (Å²) in [6, 6.07) is 0. The molecule has 0 aliphatic heterocycles. The molecule has 0 rings (SSSR count). The van der Waals surface area contributed by atoms with Crippen molar-refractivity contribution < 1.29 is 3.80 Å². The molecular weight excluding hydrogens is 355 g/mol. The second kappa shape index (κ2) is 27.3. The Balaban J connectivity index is 2.97. The summed E-state index contributed by atoms with van der Waals surface area (Å²) >= 11 is -0.495. The standard InChI is InChI=1S/C26H53.Al.O/c1-3-5-7-9-11-13-15-17-19-21-23-25-26-24-22-20-18-16-14-12-10-8-6-4-2;;/h1,3-26H2,2H3;;. The van der Waals surface area contributed by atoms with E-state index in [1.165, 1.54) is 154 Å². The van der Waals surface area contributed by atoms with Crippen LogP contribution in [0, 0.1) is 0 Å². The SMILES string of the molecule is CCCCCCCCCCCCCCCCCCCCCCCCC[CH2][Al]=[O]. The molecule has 0 radical (unpaired) electrons. The zero-order valence-corrected chi connectivity index (χ0v) is 20.8. The summed E-state index contributed by atoms with van der Waals surface area (Å²) in [5.41, 5.74) is 0. The summed E-state index contributed by atoms with van der Waals surface area (Å²) in [5, 5.41) is 0.971. The fourth-order valence-corrected chi connectivity index (χ4v) is 4.65. The summed E-state index contributed by atoms with van der Waals surface area (Å²) in [7, 11) is 0. The third-order valence-electron chi connectivity index (χ3n) is 6.18. The van der Waals surface area contributed by atoms with Crippen LogP contribution >= 0.6 is 0 Å².